The maximum absolute atomic E-state index is 10.3. The first kappa shape index (κ1) is 29.5. The summed E-state index contributed by atoms with van der Waals surface area (Å²) in [6.07, 6.45) is 9.37. The van der Waals surface area contributed by atoms with E-state index in [2.05, 4.69) is 37.7 Å². The fourth-order valence-electron chi connectivity index (χ4n) is 2.17. The molecule has 1 heterocycles. The molecule has 0 aliphatic rings. The van der Waals surface area contributed by atoms with E-state index < -0.39 is 0 Å². The van der Waals surface area contributed by atoms with Crippen molar-refractivity contribution < 1.29 is 9.53 Å². The molecule has 0 aliphatic carbocycles. The molecule has 1 amide bonds. The van der Waals surface area contributed by atoms with Crippen LogP contribution >= 0.6 is 23.2 Å². The minimum absolute atomic E-state index is 0.324. The van der Waals surface area contributed by atoms with Gasteiger partial charge in [-0.2, -0.15) is 0 Å². The Morgan fingerprint density at radius 1 is 1.22 bits per heavy atom. The van der Waals surface area contributed by atoms with E-state index in [-0.39, 0.29) is 0 Å². The molecule has 0 bridgehead atoms. The molecule has 1 aromatic carbocycles. The van der Waals surface area contributed by atoms with Crippen LogP contribution in [-0.4, -0.2) is 16.0 Å². The Bertz CT molecular complexity index is 864. The van der Waals surface area contributed by atoms with Gasteiger partial charge in [-0.05, 0) is 48.8 Å². The number of ether oxygens (including phenoxy) is 1. The van der Waals surface area contributed by atoms with Gasteiger partial charge in [-0.1, -0.05) is 70.5 Å². The van der Waals surface area contributed by atoms with Crippen LogP contribution in [-0.2, 0) is 22.7 Å². The lowest BCUT2D eigenvalue weighted by Gasteiger charge is -2.10. The third-order valence-electron chi connectivity index (χ3n) is 3.38. The van der Waals surface area contributed by atoms with Crippen LogP contribution in [0.2, 0.25) is 10.0 Å². The summed E-state index contributed by atoms with van der Waals surface area (Å²) in [7, 11) is 0. The third kappa shape index (κ3) is 13.7. The van der Waals surface area contributed by atoms with E-state index in [1.165, 1.54) is 0 Å². The van der Waals surface area contributed by atoms with Crippen molar-refractivity contribution in [2.24, 2.45) is 5.92 Å². The van der Waals surface area contributed by atoms with Crippen molar-refractivity contribution in [1.82, 2.24) is 14.9 Å². The molecule has 2 aromatic rings. The molecule has 0 unspecified atom stereocenters. The Balaban J connectivity index is 0.00000144. The highest BCUT2D eigenvalue weighted by molar-refractivity contribution is 6.34. The molecule has 32 heavy (non-hydrogen) atoms. The Morgan fingerprint density at radius 2 is 1.81 bits per heavy atom. The summed E-state index contributed by atoms with van der Waals surface area (Å²) >= 11 is 12.1. The average Bonchev–Trinajstić information content (AvgIpc) is 3.14. The lowest BCUT2D eigenvalue weighted by molar-refractivity contribution is -0.108. The highest BCUT2D eigenvalue weighted by Gasteiger charge is 2.06. The largest absolute Gasteiger partial charge is 0.490 e. The number of carbonyl (C=O) groups excluding carboxylic acids is 1. The number of hydrogen-bond acceptors (Lipinski definition) is 3. The van der Waals surface area contributed by atoms with Crippen LogP contribution < -0.4 is 5.32 Å². The standard InChI is InChI=1S/C19H19Cl2N3O2.C4H10.C2H6/c1-14(23-13-25)4-3-5-15(2)26-12-19-22-6-7-24(19)11-16-8-17(20)10-18(21)9-16;1-4(2)3;1-2/h3-10,13H,1,11-12H2,2H3,(H,23,25);4H,1-3H3;1-2H3/b4-3-,15-5+;;. The fraction of sp³-hybridized carbons (Fsp3) is 0.360. The van der Waals surface area contributed by atoms with Gasteiger partial charge < -0.3 is 14.6 Å². The number of carbonyl (C=O) groups is 1. The number of nitrogens with zero attached hydrogens (tertiary/aromatic N) is 2. The van der Waals surface area contributed by atoms with Gasteiger partial charge in [0.05, 0.1) is 5.76 Å². The van der Waals surface area contributed by atoms with E-state index in [0.717, 1.165) is 17.3 Å². The zero-order valence-corrected chi connectivity index (χ0v) is 21.4. The number of nitrogens with one attached hydrogen (secondary N) is 1. The first-order chi connectivity index (χ1) is 15.2. The summed E-state index contributed by atoms with van der Waals surface area (Å²) < 4.78 is 7.68. The van der Waals surface area contributed by atoms with Crippen molar-refractivity contribution in [2.75, 3.05) is 0 Å². The first-order valence-electron chi connectivity index (χ1n) is 10.5. The van der Waals surface area contributed by atoms with Crippen LogP contribution in [0.3, 0.4) is 0 Å². The molecular weight excluding hydrogens is 445 g/mol. The number of hydrogen-bond donors (Lipinski definition) is 1. The molecular formula is C25H35Cl2N3O2. The van der Waals surface area contributed by atoms with Crippen molar-refractivity contribution >= 4 is 29.6 Å². The van der Waals surface area contributed by atoms with Gasteiger partial charge in [-0.25, -0.2) is 4.98 Å². The summed E-state index contributed by atoms with van der Waals surface area (Å²) in [5, 5.41) is 3.65. The van der Waals surface area contributed by atoms with Crippen LogP contribution in [0.15, 0.2) is 66.9 Å². The highest BCUT2D eigenvalue weighted by Crippen LogP contribution is 2.20. The van der Waals surface area contributed by atoms with E-state index in [0.29, 0.717) is 41.1 Å². The highest BCUT2D eigenvalue weighted by atomic mass is 35.5. The lowest BCUT2D eigenvalue weighted by Crippen LogP contribution is -2.06. The molecule has 0 radical (unpaired) electrons. The molecule has 1 N–H and O–H groups in total. The van der Waals surface area contributed by atoms with Crippen LogP contribution in [0, 0.1) is 5.92 Å². The smallest absolute Gasteiger partial charge is 0.211 e. The number of aromatic nitrogens is 2. The van der Waals surface area contributed by atoms with Gasteiger partial charge in [0.2, 0.25) is 6.41 Å². The Morgan fingerprint density at radius 3 is 2.38 bits per heavy atom. The van der Waals surface area contributed by atoms with Crippen molar-refractivity contribution in [1.29, 1.82) is 0 Å². The number of halogens is 2. The zero-order chi connectivity index (χ0) is 24.5. The molecule has 0 fully saturated rings. The monoisotopic (exact) mass is 479 g/mol. The number of allylic oxidation sites excluding steroid dienone is 4. The quantitative estimate of drug-likeness (QED) is 0.235. The minimum Gasteiger partial charge on any atom is -0.490 e. The molecule has 0 aliphatic heterocycles. The fourth-order valence-corrected chi connectivity index (χ4v) is 2.74. The summed E-state index contributed by atoms with van der Waals surface area (Å²) in [6, 6.07) is 5.44. The summed E-state index contributed by atoms with van der Waals surface area (Å²) in [5.74, 6) is 2.32. The van der Waals surface area contributed by atoms with Gasteiger partial charge in [-0.3, -0.25) is 4.79 Å². The number of rotatable bonds is 9. The first-order valence-corrected chi connectivity index (χ1v) is 11.3. The van der Waals surface area contributed by atoms with Gasteiger partial charge in [0, 0.05) is 34.7 Å². The topological polar surface area (TPSA) is 56.1 Å². The SMILES string of the molecule is C=C(/C=C\C=C(/C)OCc1nccn1Cc1cc(Cl)cc(Cl)c1)NC=O.CC.CC(C)C. The van der Waals surface area contributed by atoms with Crippen LogP contribution in [0.1, 0.15) is 52.9 Å². The molecule has 5 nitrogen and oxygen atoms in total. The molecule has 1 aromatic heterocycles. The number of amides is 1. The van der Waals surface area contributed by atoms with Crippen LogP contribution in [0.4, 0.5) is 0 Å². The normalized spacial score (nSPS) is 10.7. The maximum atomic E-state index is 10.3. The molecule has 0 spiro atoms. The predicted molar refractivity (Wildman–Crippen MR) is 136 cm³/mol. The van der Waals surface area contributed by atoms with Crippen LogP contribution in [0.25, 0.3) is 0 Å². The second kappa shape index (κ2) is 17.1. The second-order valence-electron chi connectivity index (χ2n) is 7.19. The lowest BCUT2D eigenvalue weighted by atomic mass is 10.2. The summed E-state index contributed by atoms with van der Waals surface area (Å²) in [5.41, 5.74) is 1.48. The van der Waals surface area contributed by atoms with Gasteiger partial charge in [-0.15, -0.1) is 0 Å². The average molecular weight is 480 g/mol. The van der Waals surface area contributed by atoms with Crippen molar-refractivity contribution in [2.45, 2.75) is 54.7 Å². The minimum atomic E-state index is 0.324. The van der Waals surface area contributed by atoms with Crippen molar-refractivity contribution in [3.63, 3.8) is 0 Å². The van der Waals surface area contributed by atoms with Gasteiger partial charge in [0.15, 0.2) is 0 Å². The molecule has 0 atom stereocenters. The van der Waals surface area contributed by atoms with Gasteiger partial charge >= 0.3 is 0 Å². The molecule has 0 saturated carbocycles. The van der Waals surface area contributed by atoms with E-state index in [4.69, 9.17) is 27.9 Å². The van der Waals surface area contributed by atoms with Gasteiger partial charge in [0.1, 0.15) is 12.4 Å². The molecule has 2 rings (SSSR count). The maximum Gasteiger partial charge on any atom is 0.211 e. The van der Waals surface area contributed by atoms with Gasteiger partial charge in [0.25, 0.3) is 0 Å². The van der Waals surface area contributed by atoms with Crippen molar-refractivity contribution in [3.05, 3.63) is 88.3 Å². The Kier molecular flexibility index (Phi) is 15.8. The predicted octanol–water partition coefficient (Wildman–Crippen LogP) is 7.16. The molecule has 7 heteroatoms. The number of benzene rings is 1. The second-order valence-corrected chi connectivity index (χ2v) is 8.07. The van der Waals surface area contributed by atoms with Crippen LogP contribution in [0.5, 0.6) is 0 Å². The Labute approximate surface area is 202 Å². The Hall–Kier alpha value is -2.50. The molecule has 176 valence electrons. The summed E-state index contributed by atoms with van der Waals surface area (Å²) in [4.78, 5) is 14.6. The van der Waals surface area contributed by atoms with E-state index >= 15 is 0 Å². The molecule has 0 saturated heterocycles. The van der Waals surface area contributed by atoms with E-state index in [1.54, 1.807) is 30.5 Å². The zero-order valence-electron chi connectivity index (χ0n) is 19.9. The third-order valence-corrected chi connectivity index (χ3v) is 3.82. The van der Waals surface area contributed by atoms with Crippen molar-refractivity contribution in [3.8, 4) is 0 Å². The summed E-state index contributed by atoms with van der Waals surface area (Å²) in [6.45, 7) is 16.9. The number of imidazole rings is 1. The van der Waals surface area contributed by atoms with E-state index in [9.17, 15) is 4.79 Å². The van der Waals surface area contributed by atoms with E-state index in [1.807, 2.05) is 43.7 Å².